The molecule has 0 aliphatic rings. The third kappa shape index (κ3) is 3.44. The van der Waals surface area contributed by atoms with Gasteiger partial charge in [-0.25, -0.2) is 4.98 Å². The van der Waals surface area contributed by atoms with E-state index in [2.05, 4.69) is 75.2 Å². The Labute approximate surface area is 156 Å². The fourth-order valence-electron chi connectivity index (χ4n) is 2.89. The minimum atomic E-state index is 0.733. The van der Waals surface area contributed by atoms with Crippen LogP contribution in [0.15, 0.2) is 54.3 Å². The second-order valence-corrected chi connectivity index (χ2v) is 7.42. The van der Waals surface area contributed by atoms with Gasteiger partial charge in [0.05, 0.1) is 6.54 Å². The number of hydrogen-bond acceptors (Lipinski definition) is 6. The summed E-state index contributed by atoms with van der Waals surface area (Å²) in [5, 5.41) is 13.8. The first kappa shape index (κ1) is 16.7. The van der Waals surface area contributed by atoms with Gasteiger partial charge in [-0.15, -0.1) is 21.5 Å². The topological polar surface area (TPSA) is 58.4 Å². The van der Waals surface area contributed by atoms with Crippen LogP contribution < -0.4 is 5.32 Å². The minimum Gasteiger partial charge on any atom is -0.350 e. The highest BCUT2D eigenvalue weighted by Gasteiger charge is 2.11. The Morgan fingerprint density at radius 1 is 1.15 bits per heavy atom. The van der Waals surface area contributed by atoms with Crippen LogP contribution in [0.5, 0.6) is 0 Å². The van der Waals surface area contributed by atoms with E-state index in [4.69, 9.17) is 0 Å². The summed E-state index contributed by atoms with van der Waals surface area (Å²) in [6, 6.07) is 12.7. The SMILES string of the molecule is CN(C)Cc1ccc(-c2cnc(NCc3cccs3)n3cnnc23)cc1. The number of nitrogens with one attached hydrogen (secondary N) is 1. The normalized spacial score (nSPS) is 11.3. The Balaban J connectivity index is 1.62. The Kier molecular flexibility index (Phi) is 4.64. The van der Waals surface area contributed by atoms with Crippen molar-refractivity contribution in [3.8, 4) is 11.1 Å². The fourth-order valence-corrected chi connectivity index (χ4v) is 3.53. The van der Waals surface area contributed by atoms with E-state index in [1.54, 1.807) is 17.7 Å². The highest BCUT2D eigenvalue weighted by Crippen LogP contribution is 2.25. The molecule has 0 aliphatic carbocycles. The molecule has 3 heterocycles. The summed E-state index contributed by atoms with van der Waals surface area (Å²) >= 11 is 1.72. The van der Waals surface area contributed by atoms with Crippen LogP contribution >= 0.6 is 11.3 Å². The number of anilines is 1. The molecule has 0 saturated heterocycles. The lowest BCUT2D eigenvalue weighted by Crippen LogP contribution is -2.10. The molecule has 1 aromatic carbocycles. The average molecular weight is 364 g/mol. The van der Waals surface area contributed by atoms with Gasteiger partial charge in [0, 0.05) is 23.2 Å². The van der Waals surface area contributed by atoms with E-state index in [1.807, 2.05) is 16.7 Å². The standard InChI is InChI=1S/C19H20N6S/c1-24(2)12-14-5-7-15(8-6-14)17-11-21-19(25-13-22-23-18(17)25)20-10-16-4-3-9-26-16/h3-9,11,13H,10,12H2,1-2H3,(H,20,21). The third-order valence-electron chi connectivity index (χ3n) is 4.10. The summed E-state index contributed by atoms with van der Waals surface area (Å²) in [5.74, 6) is 0.742. The molecule has 0 aliphatic heterocycles. The van der Waals surface area contributed by atoms with Gasteiger partial charge in [0.25, 0.3) is 0 Å². The Morgan fingerprint density at radius 3 is 2.73 bits per heavy atom. The second-order valence-electron chi connectivity index (χ2n) is 6.39. The van der Waals surface area contributed by atoms with Crippen molar-refractivity contribution in [1.29, 1.82) is 0 Å². The fraction of sp³-hybridized carbons (Fsp3) is 0.211. The Morgan fingerprint density at radius 2 is 2.00 bits per heavy atom. The van der Waals surface area contributed by atoms with Crippen LogP contribution in [0.2, 0.25) is 0 Å². The van der Waals surface area contributed by atoms with Crippen molar-refractivity contribution in [2.45, 2.75) is 13.1 Å². The minimum absolute atomic E-state index is 0.733. The third-order valence-corrected chi connectivity index (χ3v) is 4.97. The van der Waals surface area contributed by atoms with Crippen molar-refractivity contribution in [2.75, 3.05) is 19.4 Å². The van der Waals surface area contributed by atoms with Crippen molar-refractivity contribution in [2.24, 2.45) is 0 Å². The molecule has 132 valence electrons. The lowest BCUT2D eigenvalue weighted by molar-refractivity contribution is 0.402. The van der Waals surface area contributed by atoms with Crippen LogP contribution in [0.3, 0.4) is 0 Å². The lowest BCUT2D eigenvalue weighted by Gasteiger charge is -2.11. The maximum Gasteiger partial charge on any atom is 0.210 e. The van der Waals surface area contributed by atoms with Crippen LogP contribution in [0.1, 0.15) is 10.4 Å². The number of rotatable bonds is 6. The van der Waals surface area contributed by atoms with Gasteiger partial charge in [0.15, 0.2) is 5.65 Å². The van der Waals surface area contributed by atoms with Crippen LogP contribution in [-0.2, 0) is 13.1 Å². The molecule has 0 spiro atoms. The molecule has 26 heavy (non-hydrogen) atoms. The van der Waals surface area contributed by atoms with Crippen LogP contribution in [0.4, 0.5) is 5.95 Å². The van der Waals surface area contributed by atoms with Gasteiger partial charge < -0.3 is 10.2 Å². The molecular formula is C19H20N6S. The Hall–Kier alpha value is -2.77. The molecule has 0 bridgehead atoms. The highest BCUT2D eigenvalue weighted by atomic mass is 32.1. The molecule has 0 fully saturated rings. The molecule has 0 unspecified atom stereocenters. The Bertz CT molecular complexity index is 989. The van der Waals surface area contributed by atoms with Gasteiger partial charge in [-0.05, 0) is 36.7 Å². The molecule has 0 amide bonds. The summed E-state index contributed by atoms with van der Waals surface area (Å²) in [6.07, 6.45) is 3.56. The van der Waals surface area contributed by atoms with Gasteiger partial charge >= 0.3 is 0 Å². The summed E-state index contributed by atoms with van der Waals surface area (Å²) in [5.41, 5.74) is 4.14. The van der Waals surface area contributed by atoms with E-state index in [0.29, 0.717) is 0 Å². The molecule has 3 aromatic heterocycles. The predicted molar refractivity (Wildman–Crippen MR) is 105 cm³/mol. The van der Waals surface area contributed by atoms with E-state index in [1.165, 1.54) is 10.4 Å². The number of fused-ring (bicyclic) bond motifs is 1. The predicted octanol–water partition coefficient (Wildman–Crippen LogP) is 3.53. The largest absolute Gasteiger partial charge is 0.350 e. The smallest absolute Gasteiger partial charge is 0.210 e. The first-order valence-corrected chi connectivity index (χ1v) is 9.28. The maximum atomic E-state index is 4.59. The second kappa shape index (κ2) is 7.23. The van der Waals surface area contributed by atoms with Crippen LogP contribution in [0.25, 0.3) is 16.8 Å². The van der Waals surface area contributed by atoms with E-state index in [-0.39, 0.29) is 0 Å². The molecule has 0 radical (unpaired) electrons. The zero-order chi connectivity index (χ0) is 17.9. The van der Waals surface area contributed by atoms with Crippen molar-refractivity contribution in [1.82, 2.24) is 24.5 Å². The summed E-state index contributed by atoms with van der Waals surface area (Å²) in [7, 11) is 4.14. The molecule has 7 heteroatoms. The molecular weight excluding hydrogens is 344 g/mol. The molecule has 1 N–H and O–H groups in total. The molecule has 4 aromatic rings. The average Bonchev–Trinajstić information content (AvgIpc) is 3.32. The summed E-state index contributed by atoms with van der Waals surface area (Å²) in [4.78, 5) is 8.01. The number of nitrogens with zero attached hydrogens (tertiary/aromatic N) is 5. The van der Waals surface area contributed by atoms with E-state index < -0.39 is 0 Å². The molecule has 4 rings (SSSR count). The van der Waals surface area contributed by atoms with Gasteiger partial charge in [-0.2, -0.15) is 0 Å². The van der Waals surface area contributed by atoms with Gasteiger partial charge in [-0.1, -0.05) is 30.3 Å². The number of hydrogen-bond donors (Lipinski definition) is 1. The molecule has 0 atom stereocenters. The van der Waals surface area contributed by atoms with Crippen molar-refractivity contribution in [3.63, 3.8) is 0 Å². The van der Waals surface area contributed by atoms with Crippen LogP contribution in [0, 0.1) is 0 Å². The van der Waals surface area contributed by atoms with Crippen LogP contribution in [-0.4, -0.2) is 38.6 Å². The number of benzene rings is 1. The van der Waals surface area contributed by atoms with Gasteiger partial charge in [0.1, 0.15) is 6.33 Å². The number of aromatic nitrogens is 4. The number of thiophene rings is 1. The maximum absolute atomic E-state index is 4.59. The molecule has 0 saturated carbocycles. The first-order chi connectivity index (χ1) is 12.7. The monoisotopic (exact) mass is 364 g/mol. The lowest BCUT2D eigenvalue weighted by atomic mass is 10.1. The zero-order valence-corrected chi connectivity index (χ0v) is 15.6. The van der Waals surface area contributed by atoms with E-state index >= 15 is 0 Å². The summed E-state index contributed by atoms with van der Waals surface area (Å²) < 4.78 is 1.90. The van der Waals surface area contributed by atoms with E-state index in [0.717, 1.165) is 35.8 Å². The van der Waals surface area contributed by atoms with Crippen molar-refractivity contribution < 1.29 is 0 Å². The van der Waals surface area contributed by atoms with Gasteiger partial charge in [-0.3, -0.25) is 4.40 Å². The van der Waals surface area contributed by atoms with E-state index in [9.17, 15) is 0 Å². The van der Waals surface area contributed by atoms with Crippen molar-refractivity contribution >= 4 is 22.9 Å². The quantitative estimate of drug-likeness (QED) is 0.567. The molecule has 6 nitrogen and oxygen atoms in total. The summed E-state index contributed by atoms with van der Waals surface area (Å²) in [6.45, 7) is 1.65. The first-order valence-electron chi connectivity index (χ1n) is 8.40. The zero-order valence-electron chi connectivity index (χ0n) is 14.8. The highest BCUT2D eigenvalue weighted by molar-refractivity contribution is 7.09. The van der Waals surface area contributed by atoms with Crippen molar-refractivity contribution in [3.05, 3.63) is 64.7 Å². The van der Waals surface area contributed by atoms with Gasteiger partial charge in [0.2, 0.25) is 5.95 Å².